The highest BCUT2D eigenvalue weighted by Crippen LogP contribution is 2.37. The van der Waals surface area contributed by atoms with Gasteiger partial charge in [0.15, 0.2) is 5.82 Å². The van der Waals surface area contributed by atoms with E-state index < -0.39 is 11.4 Å². The molecule has 0 bridgehead atoms. The SMILES string of the molecule is COc1nc(N(C)C2CCN(C(=O)/C=C/c3nc(C(C)(C)O)no3)C2)c2cnc(-c3cccc4cccc(Cl)c34)c(F)c2n1. The van der Waals surface area contributed by atoms with Gasteiger partial charge in [0.2, 0.25) is 11.7 Å². The third-order valence-electron chi connectivity index (χ3n) is 7.65. The number of hydrogen-bond donors (Lipinski definition) is 1. The highest BCUT2D eigenvalue weighted by molar-refractivity contribution is 6.36. The van der Waals surface area contributed by atoms with Gasteiger partial charge in [-0.1, -0.05) is 47.1 Å². The third-order valence-corrected chi connectivity index (χ3v) is 7.96. The van der Waals surface area contributed by atoms with Crippen LogP contribution in [0, 0.1) is 5.82 Å². The van der Waals surface area contributed by atoms with Crippen molar-refractivity contribution in [2.24, 2.45) is 0 Å². The number of anilines is 1. The Morgan fingerprint density at radius 1 is 1.23 bits per heavy atom. The number of likely N-dealkylation sites (tertiary alicyclic amines) is 1. The minimum atomic E-state index is -1.26. The van der Waals surface area contributed by atoms with Crippen LogP contribution in [0.25, 0.3) is 39.0 Å². The Kier molecular flexibility index (Phi) is 7.64. The number of pyridine rings is 1. The van der Waals surface area contributed by atoms with Crippen LogP contribution in [-0.4, -0.2) is 74.3 Å². The number of fused-ring (bicyclic) bond motifs is 2. The Morgan fingerprint density at radius 3 is 2.73 bits per heavy atom. The summed E-state index contributed by atoms with van der Waals surface area (Å²) >= 11 is 6.52. The quantitative estimate of drug-likeness (QED) is 0.249. The van der Waals surface area contributed by atoms with Crippen molar-refractivity contribution in [3.63, 3.8) is 0 Å². The van der Waals surface area contributed by atoms with E-state index in [4.69, 9.17) is 20.9 Å². The van der Waals surface area contributed by atoms with Gasteiger partial charge in [-0.05, 0) is 31.7 Å². The molecule has 6 rings (SSSR count). The molecule has 4 heterocycles. The Bertz CT molecular complexity index is 1920. The number of halogens is 2. The normalized spacial score (nSPS) is 15.5. The minimum Gasteiger partial charge on any atom is -0.467 e. The Hall–Kier alpha value is -4.68. The van der Waals surface area contributed by atoms with Crippen LogP contribution in [0.4, 0.5) is 10.2 Å². The molecule has 1 atom stereocenters. The zero-order valence-electron chi connectivity index (χ0n) is 24.5. The van der Waals surface area contributed by atoms with Crippen LogP contribution < -0.4 is 9.64 Å². The summed E-state index contributed by atoms with van der Waals surface area (Å²) in [6.45, 7) is 3.97. The molecule has 2 aromatic carbocycles. The molecule has 0 saturated carbocycles. The average Bonchev–Trinajstić information content (AvgIpc) is 3.70. The van der Waals surface area contributed by atoms with Crippen molar-refractivity contribution >= 4 is 51.1 Å². The summed E-state index contributed by atoms with van der Waals surface area (Å²) in [5.41, 5.74) is -0.531. The van der Waals surface area contributed by atoms with Crippen LogP contribution in [0.5, 0.6) is 6.01 Å². The van der Waals surface area contributed by atoms with E-state index >= 15 is 4.39 Å². The second kappa shape index (κ2) is 11.4. The maximum absolute atomic E-state index is 16.2. The predicted molar refractivity (Wildman–Crippen MR) is 164 cm³/mol. The van der Waals surface area contributed by atoms with Gasteiger partial charge in [0.05, 0.1) is 12.5 Å². The summed E-state index contributed by atoms with van der Waals surface area (Å²) < 4.78 is 26.7. The lowest BCUT2D eigenvalue weighted by atomic mass is 10.0. The molecule has 11 nitrogen and oxygen atoms in total. The van der Waals surface area contributed by atoms with E-state index in [0.29, 0.717) is 46.7 Å². The first-order valence-electron chi connectivity index (χ1n) is 13.9. The van der Waals surface area contributed by atoms with Gasteiger partial charge in [-0.3, -0.25) is 9.78 Å². The lowest BCUT2D eigenvalue weighted by Gasteiger charge is -2.27. The molecule has 226 valence electrons. The van der Waals surface area contributed by atoms with Crippen LogP contribution >= 0.6 is 11.6 Å². The number of methoxy groups -OCH3 is 1. The molecule has 1 aliphatic heterocycles. The topological polar surface area (TPSA) is 131 Å². The van der Waals surface area contributed by atoms with E-state index in [2.05, 4.69) is 25.1 Å². The summed E-state index contributed by atoms with van der Waals surface area (Å²) in [6.07, 6.45) is 4.98. The van der Waals surface area contributed by atoms with Gasteiger partial charge in [-0.25, -0.2) is 4.39 Å². The number of carbonyl (C=O) groups excluding carboxylic acids is 1. The molecule has 1 N–H and O–H groups in total. The zero-order valence-corrected chi connectivity index (χ0v) is 25.2. The molecule has 0 radical (unpaired) electrons. The van der Waals surface area contributed by atoms with Crippen molar-refractivity contribution in [3.8, 4) is 17.3 Å². The van der Waals surface area contributed by atoms with E-state index in [-0.39, 0.29) is 40.9 Å². The van der Waals surface area contributed by atoms with Crippen molar-refractivity contribution < 1.29 is 23.6 Å². The lowest BCUT2D eigenvalue weighted by molar-refractivity contribution is -0.124. The van der Waals surface area contributed by atoms with Crippen molar-refractivity contribution in [2.75, 3.05) is 32.1 Å². The molecule has 44 heavy (non-hydrogen) atoms. The largest absolute Gasteiger partial charge is 0.467 e. The highest BCUT2D eigenvalue weighted by atomic mass is 35.5. The molecule has 1 amide bonds. The number of amides is 1. The van der Waals surface area contributed by atoms with E-state index in [0.717, 1.165) is 5.39 Å². The van der Waals surface area contributed by atoms with Gasteiger partial charge >= 0.3 is 6.01 Å². The number of aromatic nitrogens is 5. The van der Waals surface area contributed by atoms with E-state index in [1.54, 1.807) is 23.2 Å². The molecular weight excluding hydrogens is 589 g/mol. The number of likely N-dealkylation sites (N-methyl/N-ethyl adjacent to an activating group) is 1. The molecule has 1 unspecified atom stereocenters. The van der Waals surface area contributed by atoms with Crippen molar-refractivity contribution in [3.05, 3.63) is 71.2 Å². The fourth-order valence-corrected chi connectivity index (χ4v) is 5.58. The summed E-state index contributed by atoms with van der Waals surface area (Å²) in [7, 11) is 3.26. The number of aliphatic hydroxyl groups is 1. The minimum absolute atomic E-state index is 0.00481. The van der Waals surface area contributed by atoms with Gasteiger partial charge < -0.3 is 24.2 Å². The van der Waals surface area contributed by atoms with Gasteiger partial charge in [0.1, 0.15) is 22.6 Å². The summed E-state index contributed by atoms with van der Waals surface area (Å²) in [5, 5.41) is 16.2. The smallest absolute Gasteiger partial charge is 0.318 e. The van der Waals surface area contributed by atoms with Crippen molar-refractivity contribution in [1.29, 1.82) is 0 Å². The fraction of sp³-hybridized carbons (Fsp3) is 0.290. The molecule has 0 aliphatic carbocycles. The number of nitrogens with zero attached hydrogens (tertiary/aromatic N) is 7. The first kappa shape index (κ1) is 29.4. The second-order valence-corrected chi connectivity index (χ2v) is 11.5. The van der Waals surface area contributed by atoms with Crippen molar-refractivity contribution in [1.82, 2.24) is 30.0 Å². The number of benzene rings is 2. The molecule has 3 aromatic heterocycles. The summed E-state index contributed by atoms with van der Waals surface area (Å²) in [5.74, 6) is -0.186. The Morgan fingerprint density at radius 2 is 2.00 bits per heavy atom. The maximum Gasteiger partial charge on any atom is 0.318 e. The zero-order chi connectivity index (χ0) is 31.2. The second-order valence-electron chi connectivity index (χ2n) is 11.0. The standard InChI is InChI=1S/C31H29ClFN7O4/c1-31(2,42)29-35-22(44-38-29)11-12-23(41)40-14-13-18(16-40)39(3)28-20-15-34-26(25(33)27(20)36-30(37-28)43-4)19-9-5-7-17-8-6-10-21(32)24(17)19/h5-12,15,18,42H,13-14,16H2,1-4H3/b12-11+. The van der Waals surface area contributed by atoms with E-state index in [1.807, 2.05) is 36.2 Å². The number of carbonyl (C=O) groups is 1. The highest BCUT2D eigenvalue weighted by Gasteiger charge is 2.31. The predicted octanol–water partition coefficient (Wildman–Crippen LogP) is 5.01. The molecule has 1 aliphatic rings. The fourth-order valence-electron chi connectivity index (χ4n) is 5.29. The molecule has 5 aromatic rings. The molecular formula is C31H29ClFN7O4. The Balaban J connectivity index is 1.28. The Labute approximate surface area is 256 Å². The summed E-state index contributed by atoms with van der Waals surface area (Å²) in [6, 6.07) is 10.9. The summed E-state index contributed by atoms with van der Waals surface area (Å²) in [4.78, 5) is 34.0. The lowest BCUT2D eigenvalue weighted by Crippen LogP contribution is -2.36. The third kappa shape index (κ3) is 5.42. The first-order valence-corrected chi connectivity index (χ1v) is 14.3. The molecule has 1 fully saturated rings. The van der Waals surface area contributed by atoms with Gasteiger partial charge in [-0.2, -0.15) is 15.0 Å². The van der Waals surface area contributed by atoms with Crippen molar-refractivity contribution in [2.45, 2.75) is 31.9 Å². The number of ether oxygens (including phenoxy) is 1. The number of rotatable bonds is 7. The van der Waals surface area contributed by atoms with Crippen LogP contribution in [-0.2, 0) is 10.4 Å². The van der Waals surface area contributed by atoms with Crippen LogP contribution in [0.15, 0.2) is 53.2 Å². The van der Waals surface area contributed by atoms with Gasteiger partial charge in [0.25, 0.3) is 5.89 Å². The molecule has 1 saturated heterocycles. The van der Waals surface area contributed by atoms with E-state index in [9.17, 15) is 9.90 Å². The van der Waals surface area contributed by atoms with Crippen LogP contribution in [0.3, 0.4) is 0 Å². The molecule has 13 heteroatoms. The molecule has 0 spiro atoms. The van der Waals surface area contributed by atoms with Crippen LogP contribution in [0.1, 0.15) is 32.0 Å². The monoisotopic (exact) mass is 617 g/mol. The van der Waals surface area contributed by atoms with E-state index in [1.165, 1.54) is 33.1 Å². The van der Waals surface area contributed by atoms with Gasteiger partial charge in [-0.15, -0.1) is 0 Å². The average molecular weight is 618 g/mol. The first-order chi connectivity index (χ1) is 21.0. The van der Waals surface area contributed by atoms with Crippen LogP contribution in [0.2, 0.25) is 5.02 Å². The number of hydrogen-bond acceptors (Lipinski definition) is 10. The maximum atomic E-state index is 16.2. The van der Waals surface area contributed by atoms with Gasteiger partial charge in [0, 0.05) is 60.5 Å².